The van der Waals surface area contributed by atoms with Gasteiger partial charge in [0.1, 0.15) is 0 Å². The van der Waals surface area contributed by atoms with Gasteiger partial charge < -0.3 is 0 Å². The van der Waals surface area contributed by atoms with Gasteiger partial charge in [-0.1, -0.05) is 126 Å². The van der Waals surface area contributed by atoms with Crippen LogP contribution >= 0.6 is 23.2 Å². The average Bonchev–Trinajstić information content (AvgIpc) is 3.81. The van der Waals surface area contributed by atoms with Crippen LogP contribution in [-0.2, 0) is 32.9 Å². The maximum absolute atomic E-state index is 13.5. The summed E-state index contributed by atoms with van der Waals surface area (Å²) in [5, 5.41) is 3.84. The molecule has 306 valence electrons. The van der Waals surface area contributed by atoms with Crippen LogP contribution in [0, 0.1) is 11.8 Å². The highest BCUT2D eigenvalue weighted by Crippen LogP contribution is 2.35. The van der Waals surface area contributed by atoms with Crippen molar-refractivity contribution in [2.75, 3.05) is 0 Å². The van der Waals surface area contributed by atoms with Gasteiger partial charge in [-0.05, 0) is 103 Å². The molecule has 0 atom stereocenters. The Bertz CT molecular complexity index is 3580. The molecule has 0 bridgehead atoms. The quantitative estimate of drug-likeness (QED) is 0.148. The van der Waals surface area contributed by atoms with Gasteiger partial charge in [0.2, 0.25) is 0 Å². The number of aryl methyl sites for hydroxylation is 2. The molecule has 0 N–H and O–H groups in total. The molecule has 0 aliphatic rings. The van der Waals surface area contributed by atoms with Crippen molar-refractivity contribution < 1.29 is 18.3 Å². The van der Waals surface area contributed by atoms with E-state index in [9.17, 15) is 16.8 Å². The van der Waals surface area contributed by atoms with Gasteiger partial charge in [-0.2, -0.15) is 0 Å². The Kier molecular flexibility index (Phi) is 11.1. The maximum atomic E-state index is 13.5. The standard InChI is InChI=1S/C25H19ClN2O2S.C25H15ClN2O2S.H2/c2*26-20-16-23-22-15-19(12-11-18-7-3-1-4-8-18)13-14-24(22)28(25(23)27-17-20)31(29,30)21-9-5-2-6-10-21;/h1-10,13-17H,11-12H2;1-10,13-17H;1H. The third-order valence-electron chi connectivity index (χ3n) is 10.4. The van der Waals surface area contributed by atoms with Gasteiger partial charge >= 0.3 is 0 Å². The van der Waals surface area contributed by atoms with Crippen molar-refractivity contribution >= 4 is 87.1 Å². The Balaban J connectivity index is 0.000000170. The van der Waals surface area contributed by atoms with Crippen LogP contribution in [0.4, 0.5) is 0 Å². The van der Waals surface area contributed by atoms with Crippen molar-refractivity contribution in [3.8, 4) is 11.8 Å². The fourth-order valence-corrected chi connectivity index (χ4v) is 10.8. The van der Waals surface area contributed by atoms with E-state index in [4.69, 9.17) is 23.2 Å². The summed E-state index contributed by atoms with van der Waals surface area (Å²) < 4.78 is 56.5. The van der Waals surface area contributed by atoms with Crippen LogP contribution in [0.2, 0.25) is 10.0 Å². The molecule has 10 rings (SSSR count). The zero-order valence-electron chi connectivity index (χ0n) is 32.7. The van der Waals surface area contributed by atoms with E-state index in [-0.39, 0.29) is 11.2 Å². The number of hydrogen-bond donors (Lipinski definition) is 0. The number of aromatic nitrogens is 4. The lowest BCUT2D eigenvalue weighted by Gasteiger charge is -2.09. The number of fused-ring (bicyclic) bond motifs is 6. The Morgan fingerprint density at radius 1 is 0.452 bits per heavy atom. The van der Waals surface area contributed by atoms with E-state index in [2.05, 4.69) is 40.0 Å². The topological polar surface area (TPSA) is 104 Å². The second-order valence-corrected chi connectivity index (χ2v) is 18.8. The van der Waals surface area contributed by atoms with Crippen molar-refractivity contribution in [3.63, 3.8) is 0 Å². The van der Waals surface area contributed by atoms with Crippen LogP contribution in [-0.4, -0.2) is 34.7 Å². The molecule has 0 fully saturated rings. The minimum absolute atomic E-state index is 0. The Labute approximate surface area is 370 Å². The molecule has 6 aromatic carbocycles. The largest absolute Gasteiger partial charge is 0.269 e. The molecule has 0 saturated heterocycles. The van der Waals surface area contributed by atoms with E-state index in [0.717, 1.165) is 45.7 Å². The zero-order valence-corrected chi connectivity index (χ0v) is 35.9. The summed E-state index contributed by atoms with van der Waals surface area (Å²) in [6, 6.07) is 51.6. The van der Waals surface area contributed by atoms with Crippen molar-refractivity contribution in [1.29, 1.82) is 0 Å². The number of pyridine rings is 2. The average molecular weight is 892 g/mol. The van der Waals surface area contributed by atoms with Crippen LogP contribution in [0.15, 0.2) is 192 Å². The fourth-order valence-electron chi connectivity index (χ4n) is 7.43. The minimum Gasteiger partial charge on any atom is -0.236 e. The van der Waals surface area contributed by atoms with Gasteiger partial charge in [-0.15, -0.1) is 0 Å². The molecule has 0 radical (unpaired) electrons. The summed E-state index contributed by atoms with van der Waals surface area (Å²) in [5.74, 6) is 6.28. The molecule has 4 aromatic heterocycles. The molecule has 0 amide bonds. The van der Waals surface area contributed by atoms with E-state index in [1.165, 1.54) is 25.9 Å². The SMILES string of the molecule is O=S(=O)(c1ccccc1)n1c2ccc(C#Cc3ccccc3)cc2c2cc(Cl)cnc21.O=S(=O)(c1ccccc1)n1c2ccc(CCc3ccccc3)cc2c2cc(Cl)cnc21.[HH]. The third-order valence-corrected chi connectivity index (χ3v) is 14.2. The number of nitrogens with zero attached hydrogens (tertiary/aromatic N) is 4. The first kappa shape index (κ1) is 40.7. The molecule has 0 aliphatic carbocycles. The van der Waals surface area contributed by atoms with Crippen LogP contribution in [0.5, 0.6) is 0 Å². The normalized spacial score (nSPS) is 11.6. The van der Waals surface area contributed by atoms with Gasteiger partial charge in [0.25, 0.3) is 20.0 Å². The molecule has 10 aromatic rings. The number of hydrogen-bond acceptors (Lipinski definition) is 6. The van der Waals surface area contributed by atoms with E-state index in [0.29, 0.717) is 37.8 Å². The van der Waals surface area contributed by atoms with Crippen molar-refractivity contribution in [2.45, 2.75) is 22.6 Å². The molecule has 0 aliphatic heterocycles. The lowest BCUT2D eigenvalue weighted by atomic mass is 10.0. The van der Waals surface area contributed by atoms with Crippen LogP contribution < -0.4 is 0 Å². The van der Waals surface area contributed by atoms with Gasteiger partial charge in [0.15, 0.2) is 11.3 Å². The Morgan fingerprint density at radius 2 is 0.887 bits per heavy atom. The monoisotopic (exact) mass is 890 g/mol. The number of rotatable bonds is 7. The molecular weight excluding hydrogens is 856 g/mol. The molecule has 0 saturated carbocycles. The number of halogens is 2. The summed E-state index contributed by atoms with van der Waals surface area (Å²) in [6.45, 7) is 0. The van der Waals surface area contributed by atoms with Crippen LogP contribution in [0.1, 0.15) is 23.7 Å². The van der Waals surface area contributed by atoms with Gasteiger partial charge in [0.05, 0.1) is 30.9 Å². The summed E-state index contributed by atoms with van der Waals surface area (Å²) in [7, 11) is -7.67. The van der Waals surface area contributed by atoms with Crippen LogP contribution in [0.3, 0.4) is 0 Å². The third kappa shape index (κ3) is 7.95. The second-order valence-electron chi connectivity index (χ2n) is 14.4. The fraction of sp³-hybridized carbons (Fsp3) is 0.0400. The first-order valence-electron chi connectivity index (χ1n) is 19.5. The lowest BCUT2D eigenvalue weighted by Crippen LogP contribution is -2.13. The lowest BCUT2D eigenvalue weighted by molar-refractivity contribution is 0.588. The predicted molar refractivity (Wildman–Crippen MR) is 251 cm³/mol. The number of benzene rings is 6. The summed E-state index contributed by atoms with van der Waals surface area (Å²) in [6.07, 6.45) is 4.70. The highest BCUT2D eigenvalue weighted by Gasteiger charge is 2.26. The van der Waals surface area contributed by atoms with Crippen molar-refractivity contribution in [1.82, 2.24) is 17.9 Å². The molecule has 0 unspecified atom stereocenters. The Hall–Kier alpha value is -6.74. The van der Waals surface area contributed by atoms with Crippen molar-refractivity contribution in [3.05, 3.63) is 215 Å². The summed E-state index contributed by atoms with van der Waals surface area (Å²) >= 11 is 12.4. The van der Waals surface area contributed by atoms with E-state index >= 15 is 0 Å². The molecule has 4 heterocycles. The maximum Gasteiger partial charge on any atom is 0.269 e. The van der Waals surface area contributed by atoms with E-state index < -0.39 is 20.0 Å². The molecular formula is C50H36Cl2N4O4S2. The zero-order chi connectivity index (χ0) is 42.8. The first-order chi connectivity index (χ1) is 30.1. The molecule has 62 heavy (non-hydrogen) atoms. The van der Waals surface area contributed by atoms with Crippen molar-refractivity contribution in [2.24, 2.45) is 0 Å². The molecule has 12 heteroatoms. The minimum atomic E-state index is -3.85. The smallest absolute Gasteiger partial charge is 0.236 e. The van der Waals surface area contributed by atoms with E-state index in [1.807, 2.05) is 72.8 Å². The summed E-state index contributed by atoms with van der Waals surface area (Å²) in [4.78, 5) is 9.15. The molecule has 8 nitrogen and oxygen atoms in total. The second kappa shape index (κ2) is 17.0. The van der Waals surface area contributed by atoms with Gasteiger partial charge in [-0.25, -0.2) is 34.7 Å². The first-order valence-corrected chi connectivity index (χ1v) is 23.1. The molecule has 0 spiro atoms. The summed E-state index contributed by atoms with van der Waals surface area (Å²) in [5.41, 5.74) is 5.90. The van der Waals surface area contributed by atoms with Crippen LogP contribution in [0.25, 0.3) is 43.9 Å². The van der Waals surface area contributed by atoms with Gasteiger partial charge in [-0.3, -0.25) is 0 Å². The highest BCUT2D eigenvalue weighted by atomic mass is 35.5. The highest BCUT2D eigenvalue weighted by molar-refractivity contribution is 7.90. The van der Waals surface area contributed by atoms with Gasteiger partial charge in [0, 0.05) is 46.5 Å². The Morgan fingerprint density at radius 3 is 1.42 bits per heavy atom. The predicted octanol–water partition coefficient (Wildman–Crippen LogP) is 11.6. The van der Waals surface area contributed by atoms with E-state index in [1.54, 1.807) is 78.9 Å².